The molecule has 1 rings (SSSR count). The minimum absolute atomic E-state index is 0.286. The predicted molar refractivity (Wildman–Crippen MR) is 118 cm³/mol. The SMILES string of the molecule is C=C/C=C(\N=CC)C(CC)/C(=C(/CC)CCN(C)CC)c1ccccc1. The van der Waals surface area contributed by atoms with Gasteiger partial charge in [-0.1, -0.05) is 69.3 Å². The van der Waals surface area contributed by atoms with Crippen LogP contribution in [-0.4, -0.2) is 31.3 Å². The van der Waals surface area contributed by atoms with Crippen molar-refractivity contribution < 1.29 is 0 Å². The van der Waals surface area contributed by atoms with Gasteiger partial charge in [0.25, 0.3) is 0 Å². The fourth-order valence-corrected chi connectivity index (χ4v) is 3.34. The Balaban J connectivity index is 3.49. The molecule has 0 amide bonds. The Morgan fingerprint density at radius 1 is 1.19 bits per heavy atom. The van der Waals surface area contributed by atoms with Crippen LogP contribution in [0.25, 0.3) is 5.57 Å². The highest BCUT2D eigenvalue weighted by Gasteiger charge is 2.21. The molecule has 26 heavy (non-hydrogen) atoms. The van der Waals surface area contributed by atoms with Gasteiger partial charge in [0, 0.05) is 24.4 Å². The monoisotopic (exact) mass is 352 g/mol. The zero-order chi connectivity index (χ0) is 19.4. The zero-order valence-corrected chi connectivity index (χ0v) is 17.3. The second-order valence-corrected chi connectivity index (χ2v) is 6.56. The van der Waals surface area contributed by atoms with Gasteiger partial charge in [-0.2, -0.15) is 0 Å². The molecule has 0 saturated carbocycles. The Morgan fingerprint density at radius 3 is 2.38 bits per heavy atom. The number of nitrogens with zero attached hydrogens (tertiary/aromatic N) is 2. The number of hydrogen-bond acceptors (Lipinski definition) is 2. The molecular weight excluding hydrogens is 316 g/mol. The number of aliphatic imine (C=N–C) groups is 1. The molecule has 2 heteroatoms. The quantitative estimate of drug-likeness (QED) is 0.333. The molecule has 0 spiro atoms. The lowest BCUT2D eigenvalue weighted by molar-refractivity contribution is 0.356. The molecule has 0 aliphatic rings. The van der Waals surface area contributed by atoms with Crippen molar-refractivity contribution >= 4 is 11.8 Å². The van der Waals surface area contributed by atoms with E-state index in [1.165, 1.54) is 16.7 Å². The third-order valence-corrected chi connectivity index (χ3v) is 4.91. The first-order valence-corrected chi connectivity index (χ1v) is 9.89. The van der Waals surface area contributed by atoms with Crippen LogP contribution in [0.5, 0.6) is 0 Å². The van der Waals surface area contributed by atoms with Gasteiger partial charge in [0.15, 0.2) is 0 Å². The van der Waals surface area contributed by atoms with Gasteiger partial charge in [0.1, 0.15) is 0 Å². The molecule has 1 aromatic carbocycles. The lowest BCUT2D eigenvalue weighted by atomic mass is 9.82. The summed E-state index contributed by atoms with van der Waals surface area (Å²) in [6.45, 7) is 14.8. The van der Waals surface area contributed by atoms with Crippen LogP contribution in [0.3, 0.4) is 0 Å². The summed E-state index contributed by atoms with van der Waals surface area (Å²) >= 11 is 0. The molecule has 0 fully saturated rings. The van der Waals surface area contributed by atoms with Crippen LogP contribution in [0.15, 0.2) is 65.3 Å². The average molecular weight is 353 g/mol. The summed E-state index contributed by atoms with van der Waals surface area (Å²) in [5.74, 6) is 0.286. The largest absolute Gasteiger partial charge is 0.306 e. The number of allylic oxidation sites excluding steroid dienone is 3. The minimum atomic E-state index is 0.286. The molecule has 0 heterocycles. The van der Waals surface area contributed by atoms with Crippen molar-refractivity contribution in [3.63, 3.8) is 0 Å². The topological polar surface area (TPSA) is 15.6 Å². The van der Waals surface area contributed by atoms with E-state index in [2.05, 4.69) is 80.7 Å². The van der Waals surface area contributed by atoms with Gasteiger partial charge in [-0.25, -0.2) is 0 Å². The highest BCUT2D eigenvalue weighted by molar-refractivity contribution is 5.73. The van der Waals surface area contributed by atoms with Crippen LogP contribution >= 0.6 is 0 Å². The molecule has 0 aliphatic heterocycles. The Labute approximate surface area is 161 Å². The van der Waals surface area contributed by atoms with Crippen molar-refractivity contribution in [2.24, 2.45) is 10.9 Å². The normalized spacial score (nSPS) is 14.6. The van der Waals surface area contributed by atoms with E-state index in [0.717, 1.165) is 38.0 Å². The average Bonchev–Trinajstić information content (AvgIpc) is 2.68. The molecule has 0 radical (unpaired) electrons. The van der Waals surface area contributed by atoms with E-state index in [-0.39, 0.29) is 5.92 Å². The molecule has 2 nitrogen and oxygen atoms in total. The van der Waals surface area contributed by atoms with Gasteiger partial charge in [-0.15, -0.1) is 0 Å². The van der Waals surface area contributed by atoms with E-state index in [4.69, 9.17) is 0 Å². The third kappa shape index (κ3) is 6.42. The van der Waals surface area contributed by atoms with Crippen molar-refractivity contribution in [3.8, 4) is 0 Å². The number of benzene rings is 1. The van der Waals surface area contributed by atoms with Gasteiger partial charge in [0.05, 0.1) is 0 Å². The Bertz CT molecular complexity index is 623. The zero-order valence-electron chi connectivity index (χ0n) is 17.3. The van der Waals surface area contributed by atoms with Crippen molar-refractivity contribution in [2.45, 2.75) is 47.0 Å². The summed E-state index contributed by atoms with van der Waals surface area (Å²) in [7, 11) is 2.19. The maximum absolute atomic E-state index is 4.68. The Morgan fingerprint density at radius 2 is 1.88 bits per heavy atom. The molecular formula is C24H36N2. The van der Waals surface area contributed by atoms with Gasteiger partial charge < -0.3 is 4.90 Å². The summed E-state index contributed by atoms with van der Waals surface area (Å²) in [6, 6.07) is 10.8. The van der Waals surface area contributed by atoms with E-state index >= 15 is 0 Å². The van der Waals surface area contributed by atoms with E-state index in [9.17, 15) is 0 Å². The second-order valence-electron chi connectivity index (χ2n) is 6.56. The lowest BCUT2D eigenvalue weighted by Gasteiger charge is -2.25. The number of rotatable bonds is 11. The summed E-state index contributed by atoms with van der Waals surface area (Å²) < 4.78 is 0. The Kier molecular flexibility index (Phi) is 10.6. The summed E-state index contributed by atoms with van der Waals surface area (Å²) in [4.78, 5) is 7.06. The first-order chi connectivity index (χ1) is 12.6. The van der Waals surface area contributed by atoms with E-state index in [0.29, 0.717) is 0 Å². The summed E-state index contributed by atoms with van der Waals surface area (Å²) in [5.41, 5.74) is 5.39. The molecule has 0 aromatic heterocycles. The fraction of sp³-hybridized carbons (Fsp3) is 0.458. The standard InChI is InChI=1S/C24H36N2/c1-7-15-23(25-10-4)22(9-3)24(21-16-13-12-14-17-21)20(8-2)18-19-26(6)11-5/h7,10,12-17,22H,1,8-9,11,18-19H2,2-6H3/b23-15-,24-20-,25-10?. The van der Waals surface area contributed by atoms with Gasteiger partial charge in [-0.05, 0) is 57.0 Å². The molecule has 142 valence electrons. The highest BCUT2D eigenvalue weighted by atomic mass is 15.1. The molecule has 1 atom stereocenters. The molecule has 0 N–H and O–H groups in total. The maximum Gasteiger partial charge on any atom is 0.0474 e. The Hall–Kier alpha value is -1.93. The smallest absolute Gasteiger partial charge is 0.0474 e. The predicted octanol–water partition coefficient (Wildman–Crippen LogP) is 6.38. The first kappa shape index (κ1) is 22.1. The van der Waals surface area contributed by atoms with Crippen LogP contribution in [0.2, 0.25) is 0 Å². The minimum Gasteiger partial charge on any atom is -0.306 e. The van der Waals surface area contributed by atoms with Crippen molar-refractivity contribution in [3.05, 3.63) is 65.9 Å². The molecule has 1 aromatic rings. The summed E-state index contributed by atoms with van der Waals surface area (Å²) in [6.07, 6.45) is 8.98. The van der Waals surface area contributed by atoms with Crippen molar-refractivity contribution in [2.75, 3.05) is 20.1 Å². The third-order valence-electron chi connectivity index (χ3n) is 4.91. The second kappa shape index (κ2) is 12.4. The lowest BCUT2D eigenvalue weighted by Crippen LogP contribution is -2.20. The van der Waals surface area contributed by atoms with Gasteiger partial charge in [-0.3, -0.25) is 4.99 Å². The van der Waals surface area contributed by atoms with Crippen LogP contribution in [0.1, 0.15) is 52.5 Å². The van der Waals surface area contributed by atoms with Crippen LogP contribution in [0, 0.1) is 5.92 Å². The van der Waals surface area contributed by atoms with Crippen LogP contribution < -0.4 is 0 Å². The number of hydrogen-bond donors (Lipinski definition) is 0. The van der Waals surface area contributed by atoms with Gasteiger partial charge >= 0.3 is 0 Å². The van der Waals surface area contributed by atoms with Crippen molar-refractivity contribution in [1.29, 1.82) is 0 Å². The van der Waals surface area contributed by atoms with E-state index in [1.54, 1.807) is 0 Å². The van der Waals surface area contributed by atoms with E-state index in [1.807, 2.05) is 19.2 Å². The molecule has 0 bridgehead atoms. The molecule has 0 aliphatic carbocycles. The molecule has 0 saturated heterocycles. The van der Waals surface area contributed by atoms with Crippen LogP contribution in [-0.2, 0) is 0 Å². The molecule has 1 unspecified atom stereocenters. The summed E-state index contributed by atoms with van der Waals surface area (Å²) in [5, 5.41) is 0. The van der Waals surface area contributed by atoms with Crippen molar-refractivity contribution in [1.82, 2.24) is 4.90 Å². The highest BCUT2D eigenvalue weighted by Crippen LogP contribution is 2.37. The van der Waals surface area contributed by atoms with Crippen LogP contribution in [0.4, 0.5) is 0 Å². The van der Waals surface area contributed by atoms with E-state index < -0.39 is 0 Å². The fourth-order valence-electron chi connectivity index (χ4n) is 3.34. The first-order valence-electron chi connectivity index (χ1n) is 9.89. The maximum atomic E-state index is 4.68. The van der Waals surface area contributed by atoms with Gasteiger partial charge in [0.2, 0.25) is 0 Å².